The van der Waals surface area contributed by atoms with Crippen molar-refractivity contribution in [3.63, 3.8) is 0 Å². The molecule has 5 heteroatoms. The van der Waals surface area contributed by atoms with Crippen molar-refractivity contribution in [3.05, 3.63) is 29.8 Å². The SMILES string of the molecule is COc1cccc(C(=O)NCC(C(=O)O)C2CCC2)c1. The third-order valence-corrected chi connectivity index (χ3v) is 3.85. The molecule has 0 saturated heterocycles. The van der Waals surface area contributed by atoms with Crippen molar-refractivity contribution in [3.8, 4) is 5.75 Å². The second-order valence-electron chi connectivity index (χ2n) is 5.08. The summed E-state index contributed by atoms with van der Waals surface area (Å²) in [5.74, 6) is -0.794. The Hall–Kier alpha value is -2.04. The molecular formula is C15H19NO4. The molecule has 1 aliphatic carbocycles. The topological polar surface area (TPSA) is 75.6 Å². The molecule has 0 spiro atoms. The average Bonchev–Trinajstić information content (AvgIpc) is 2.40. The molecule has 2 N–H and O–H groups in total. The average molecular weight is 277 g/mol. The van der Waals surface area contributed by atoms with E-state index in [4.69, 9.17) is 4.74 Å². The molecule has 0 aliphatic heterocycles. The molecule has 1 unspecified atom stereocenters. The van der Waals surface area contributed by atoms with Gasteiger partial charge in [0, 0.05) is 12.1 Å². The molecule has 0 aromatic heterocycles. The maximum Gasteiger partial charge on any atom is 0.308 e. The first-order valence-corrected chi connectivity index (χ1v) is 6.77. The van der Waals surface area contributed by atoms with Gasteiger partial charge in [0.2, 0.25) is 0 Å². The van der Waals surface area contributed by atoms with Gasteiger partial charge in [0.1, 0.15) is 5.75 Å². The lowest BCUT2D eigenvalue weighted by Crippen LogP contribution is -2.39. The summed E-state index contributed by atoms with van der Waals surface area (Å²) in [4.78, 5) is 23.2. The summed E-state index contributed by atoms with van der Waals surface area (Å²) in [6, 6.07) is 6.80. The van der Waals surface area contributed by atoms with Crippen LogP contribution in [0.25, 0.3) is 0 Å². The zero-order valence-corrected chi connectivity index (χ0v) is 11.5. The Morgan fingerprint density at radius 1 is 1.45 bits per heavy atom. The minimum absolute atomic E-state index is 0.177. The van der Waals surface area contributed by atoms with Gasteiger partial charge in [-0.05, 0) is 37.0 Å². The van der Waals surface area contributed by atoms with Gasteiger partial charge >= 0.3 is 5.97 Å². The summed E-state index contributed by atoms with van der Waals surface area (Å²) in [5.41, 5.74) is 0.474. The van der Waals surface area contributed by atoms with Crippen molar-refractivity contribution in [2.24, 2.45) is 11.8 Å². The summed E-state index contributed by atoms with van der Waals surface area (Å²) in [6.07, 6.45) is 2.95. The van der Waals surface area contributed by atoms with Crippen LogP contribution in [0, 0.1) is 11.8 Å². The highest BCUT2D eigenvalue weighted by atomic mass is 16.5. The molecule has 1 amide bonds. The number of hydrogen-bond donors (Lipinski definition) is 2. The first-order valence-electron chi connectivity index (χ1n) is 6.77. The number of carbonyl (C=O) groups excluding carboxylic acids is 1. The van der Waals surface area contributed by atoms with E-state index in [1.54, 1.807) is 24.3 Å². The Kier molecular flexibility index (Phi) is 4.61. The second kappa shape index (κ2) is 6.41. The number of amides is 1. The number of ether oxygens (including phenoxy) is 1. The van der Waals surface area contributed by atoms with Gasteiger partial charge in [-0.1, -0.05) is 12.5 Å². The number of carboxylic acids is 1. The van der Waals surface area contributed by atoms with Crippen molar-refractivity contribution in [1.82, 2.24) is 5.32 Å². The fourth-order valence-corrected chi connectivity index (χ4v) is 2.37. The number of hydrogen-bond acceptors (Lipinski definition) is 3. The van der Waals surface area contributed by atoms with E-state index in [2.05, 4.69) is 5.32 Å². The maximum absolute atomic E-state index is 12.0. The minimum Gasteiger partial charge on any atom is -0.497 e. The van der Waals surface area contributed by atoms with Crippen LogP contribution in [0.4, 0.5) is 0 Å². The number of benzene rings is 1. The Morgan fingerprint density at radius 3 is 2.75 bits per heavy atom. The number of nitrogens with one attached hydrogen (secondary N) is 1. The number of carbonyl (C=O) groups is 2. The van der Waals surface area contributed by atoms with Crippen LogP contribution in [-0.2, 0) is 4.79 Å². The van der Waals surface area contributed by atoms with Crippen LogP contribution in [0.3, 0.4) is 0 Å². The zero-order chi connectivity index (χ0) is 14.5. The van der Waals surface area contributed by atoms with Gasteiger partial charge in [-0.2, -0.15) is 0 Å². The third-order valence-electron chi connectivity index (χ3n) is 3.85. The van der Waals surface area contributed by atoms with Gasteiger partial charge in [0.25, 0.3) is 5.91 Å². The predicted octanol–water partition coefficient (Wildman–Crippen LogP) is 1.93. The molecule has 1 aromatic carbocycles. The molecule has 1 aliphatic rings. The van der Waals surface area contributed by atoms with Gasteiger partial charge in [-0.15, -0.1) is 0 Å². The van der Waals surface area contributed by atoms with Crippen molar-refractivity contribution in [2.75, 3.05) is 13.7 Å². The molecule has 0 radical (unpaired) electrons. The van der Waals surface area contributed by atoms with Crippen LogP contribution in [0.2, 0.25) is 0 Å². The number of aliphatic carboxylic acids is 1. The van der Waals surface area contributed by atoms with E-state index in [0.29, 0.717) is 11.3 Å². The van der Waals surface area contributed by atoms with Gasteiger partial charge in [0.05, 0.1) is 13.0 Å². The van der Waals surface area contributed by atoms with Crippen LogP contribution in [-0.4, -0.2) is 30.6 Å². The largest absolute Gasteiger partial charge is 0.497 e. The molecule has 5 nitrogen and oxygen atoms in total. The summed E-state index contributed by atoms with van der Waals surface area (Å²) in [5, 5.41) is 11.9. The third kappa shape index (κ3) is 3.29. The highest BCUT2D eigenvalue weighted by molar-refractivity contribution is 5.94. The highest BCUT2D eigenvalue weighted by Crippen LogP contribution is 2.33. The Labute approximate surface area is 117 Å². The maximum atomic E-state index is 12.0. The second-order valence-corrected chi connectivity index (χ2v) is 5.08. The zero-order valence-electron chi connectivity index (χ0n) is 11.5. The first-order chi connectivity index (χ1) is 9.61. The van der Waals surface area contributed by atoms with Gasteiger partial charge in [0.15, 0.2) is 0 Å². The van der Waals surface area contributed by atoms with Crippen LogP contribution in [0.5, 0.6) is 5.75 Å². The van der Waals surface area contributed by atoms with E-state index in [0.717, 1.165) is 19.3 Å². The molecule has 1 saturated carbocycles. The standard InChI is InChI=1S/C15H19NO4/c1-20-12-7-3-6-11(8-12)14(17)16-9-13(15(18)19)10-4-2-5-10/h3,6-8,10,13H,2,4-5,9H2,1H3,(H,16,17)(H,18,19). The van der Waals surface area contributed by atoms with Crippen LogP contribution < -0.4 is 10.1 Å². The van der Waals surface area contributed by atoms with E-state index < -0.39 is 11.9 Å². The lowest BCUT2D eigenvalue weighted by atomic mass is 9.76. The number of methoxy groups -OCH3 is 1. The highest BCUT2D eigenvalue weighted by Gasteiger charge is 2.32. The molecule has 1 fully saturated rings. The van der Waals surface area contributed by atoms with E-state index >= 15 is 0 Å². The van der Waals surface area contributed by atoms with Crippen LogP contribution in [0.15, 0.2) is 24.3 Å². The summed E-state index contributed by atoms with van der Waals surface area (Å²) < 4.78 is 5.06. The van der Waals surface area contributed by atoms with E-state index in [-0.39, 0.29) is 18.4 Å². The molecule has 0 bridgehead atoms. The molecule has 1 aromatic rings. The van der Waals surface area contributed by atoms with Crippen molar-refractivity contribution >= 4 is 11.9 Å². The smallest absolute Gasteiger partial charge is 0.308 e. The van der Waals surface area contributed by atoms with E-state index in [1.807, 2.05) is 0 Å². The van der Waals surface area contributed by atoms with E-state index in [1.165, 1.54) is 7.11 Å². The monoisotopic (exact) mass is 277 g/mol. The normalized spacial score (nSPS) is 16.1. The summed E-state index contributed by atoms with van der Waals surface area (Å²) >= 11 is 0. The summed E-state index contributed by atoms with van der Waals surface area (Å²) in [7, 11) is 1.54. The van der Waals surface area contributed by atoms with Gasteiger partial charge in [-0.3, -0.25) is 9.59 Å². The van der Waals surface area contributed by atoms with Gasteiger partial charge in [-0.25, -0.2) is 0 Å². The molecule has 20 heavy (non-hydrogen) atoms. The van der Waals surface area contributed by atoms with E-state index in [9.17, 15) is 14.7 Å². The Balaban J connectivity index is 1.94. The fraction of sp³-hybridized carbons (Fsp3) is 0.467. The van der Waals surface area contributed by atoms with Crippen molar-refractivity contribution < 1.29 is 19.4 Å². The van der Waals surface area contributed by atoms with Gasteiger partial charge < -0.3 is 15.2 Å². The Morgan fingerprint density at radius 2 is 2.20 bits per heavy atom. The quantitative estimate of drug-likeness (QED) is 0.833. The minimum atomic E-state index is -0.833. The van der Waals surface area contributed by atoms with Crippen LogP contribution in [0.1, 0.15) is 29.6 Å². The predicted molar refractivity (Wildman–Crippen MR) is 73.8 cm³/mol. The molecule has 2 rings (SSSR count). The molecule has 1 atom stereocenters. The molecule has 108 valence electrons. The Bertz CT molecular complexity index is 496. The summed E-state index contributed by atoms with van der Waals surface area (Å²) in [6.45, 7) is 0.177. The fourth-order valence-electron chi connectivity index (χ4n) is 2.37. The number of rotatable bonds is 6. The lowest BCUT2D eigenvalue weighted by Gasteiger charge is -2.31. The van der Waals surface area contributed by atoms with Crippen molar-refractivity contribution in [1.29, 1.82) is 0 Å². The lowest BCUT2D eigenvalue weighted by molar-refractivity contribution is -0.144. The first kappa shape index (κ1) is 14.4. The molecule has 0 heterocycles. The van der Waals surface area contributed by atoms with Crippen molar-refractivity contribution in [2.45, 2.75) is 19.3 Å². The number of carboxylic acid groups (broad SMARTS) is 1. The molecular weight excluding hydrogens is 258 g/mol. The van der Waals surface area contributed by atoms with Crippen LogP contribution >= 0.6 is 0 Å².